The van der Waals surface area contributed by atoms with E-state index in [2.05, 4.69) is 0 Å². The maximum Gasteiger partial charge on any atom is 0.300 e. The summed E-state index contributed by atoms with van der Waals surface area (Å²) in [4.78, 5) is 48.2. The van der Waals surface area contributed by atoms with Crippen LogP contribution in [0.25, 0.3) is 5.76 Å². The second-order valence-electron chi connectivity index (χ2n) is 7.66. The van der Waals surface area contributed by atoms with E-state index in [1.807, 2.05) is 6.92 Å². The normalized spacial score (nSPS) is 17.1. The topological polar surface area (TPSA) is 144 Å². The molecule has 0 aromatic heterocycles. The molecule has 1 heterocycles. The molecular formula is C24H17N3O7. The van der Waals surface area contributed by atoms with Gasteiger partial charge in [0.05, 0.1) is 21.5 Å². The molecule has 3 aromatic carbocycles. The smallest absolute Gasteiger partial charge is 0.300 e. The quantitative estimate of drug-likeness (QED) is 0.195. The zero-order valence-electron chi connectivity index (χ0n) is 17.7. The number of carbonyl (C=O) groups excluding carboxylic acids is 2. The first-order valence-corrected chi connectivity index (χ1v) is 10.1. The van der Waals surface area contributed by atoms with Gasteiger partial charge in [0, 0.05) is 35.5 Å². The SMILES string of the molecule is Cc1ccc(N2C(=O)C(=O)C(=C(O)c3ccc([N+](=O)[O-])cc3)C2c2ccc([N+](=O)[O-])cc2)cc1. The zero-order valence-corrected chi connectivity index (χ0v) is 17.7. The molecule has 10 heteroatoms. The number of aryl methyl sites for hydroxylation is 1. The molecule has 1 N–H and O–H groups in total. The summed E-state index contributed by atoms with van der Waals surface area (Å²) in [5.41, 5.74) is 1.20. The Kier molecular flexibility index (Phi) is 5.64. The molecule has 1 unspecified atom stereocenters. The highest BCUT2D eigenvalue weighted by Gasteiger charge is 2.47. The number of anilines is 1. The summed E-state index contributed by atoms with van der Waals surface area (Å²) in [6, 6.07) is 16.0. The molecule has 170 valence electrons. The van der Waals surface area contributed by atoms with Crippen LogP contribution in [0, 0.1) is 27.2 Å². The van der Waals surface area contributed by atoms with Crippen molar-refractivity contribution in [2.75, 3.05) is 4.90 Å². The van der Waals surface area contributed by atoms with Crippen molar-refractivity contribution in [3.63, 3.8) is 0 Å². The van der Waals surface area contributed by atoms with Crippen LogP contribution in [-0.4, -0.2) is 26.6 Å². The number of hydrogen-bond donors (Lipinski definition) is 1. The molecule has 0 aliphatic carbocycles. The fourth-order valence-electron chi connectivity index (χ4n) is 3.79. The summed E-state index contributed by atoms with van der Waals surface area (Å²) in [5, 5.41) is 33.0. The van der Waals surface area contributed by atoms with Gasteiger partial charge in [-0.05, 0) is 48.9 Å². The summed E-state index contributed by atoms with van der Waals surface area (Å²) in [6.45, 7) is 1.86. The number of aliphatic hydroxyl groups excluding tert-OH is 1. The van der Waals surface area contributed by atoms with E-state index in [0.29, 0.717) is 11.3 Å². The molecule has 10 nitrogen and oxygen atoms in total. The highest BCUT2D eigenvalue weighted by atomic mass is 16.6. The number of aliphatic hydroxyl groups is 1. The van der Waals surface area contributed by atoms with E-state index < -0.39 is 33.3 Å². The number of Topliss-reactive ketones (excluding diaryl/α,β-unsaturated/α-hetero) is 1. The van der Waals surface area contributed by atoms with Crippen LogP contribution in [0.1, 0.15) is 22.7 Å². The first-order chi connectivity index (χ1) is 16.2. The van der Waals surface area contributed by atoms with Gasteiger partial charge in [-0.3, -0.25) is 34.7 Å². The van der Waals surface area contributed by atoms with Crippen LogP contribution in [0.3, 0.4) is 0 Å². The van der Waals surface area contributed by atoms with Crippen LogP contribution in [0.4, 0.5) is 17.1 Å². The molecule has 0 radical (unpaired) electrons. The van der Waals surface area contributed by atoms with Crippen LogP contribution in [0.5, 0.6) is 0 Å². The molecule has 1 amide bonds. The van der Waals surface area contributed by atoms with Gasteiger partial charge in [-0.2, -0.15) is 0 Å². The van der Waals surface area contributed by atoms with Gasteiger partial charge in [0.1, 0.15) is 5.76 Å². The van der Waals surface area contributed by atoms with E-state index in [4.69, 9.17) is 0 Å². The Morgan fingerprint density at radius 1 is 0.824 bits per heavy atom. The maximum absolute atomic E-state index is 13.1. The van der Waals surface area contributed by atoms with Crippen LogP contribution in [0.15, 0.2) is 78.4 Å². The summed E-state index contributed by atoms with van der Waals surface area (Å²) in [5.74, 6) is -2.33. The van der Waals surface area contributed by atoms with Crippen LogP contribution in [0.2, 0.25) is 0 Å². The summed E-state index contributed by atoms with van der Waals surface area (Å²) in [6.07, 6.45) is 0. The predicted octanol–water partition coefficient (Wildman–Crippen LogP) is 4.44. The van der Waals surface area contributed by atoms with Crippen molar-refractivity contribution in [1.82, 2.24) is 0 Å². The second kappa shape index (κ2) is 8.58. The lowest BCUT2D eigenvalue weighted by atomic mass is 9.95. The first-order valence-electron chi connectivity index (χ1n) is 10.1. The van der Waals surface area contributed by atoms with Crippen molar-refractivity contribution in [1.29, 1.82) is 0 Å². The molecule has 3 aromatic rings. The van der Waals surface area contributed by atoms with E-state index >= 15 is 0 Å². The molecule has 1 saturated heterocycles. The maximum atomic E-state index is 13.1. The summed E-state index contributed by atoms with van der Waals surface area (Å²) < 4.78 is 0. The molecule has 1 fully saturated rings. The van der Waals surface area contributed by atoms with E-state index in [0.717, 1.165) is 5.56 Å². The third kappa shape index (κ3) is 3.88. The molecule has 0 bridgehead atoms. The highest BCUT2D eigenvalue weighted by molar-refractivity contribution is 6.51. The fraction of sp³-hybridized carbons (Fsp3) is 0.0833. The van der Waals surface area contributed by atoms with Crippen molar-refractivity contribution < 1.29 is 24.5 Å². The van der Waals surface area contributed by atoms with Gasteiger partial charge < -0.3 is 5.11 Å². The molecule has 4 rings (SSSR count). The summed E-state index contributed by atoms with van der Waals surface area (Å²) in [7, 11) is 0. The monoisotopic (exact) mass is 459 g/mol. The second-order valence-corrected chi connectivity index (χ2v) is 7.66. The third-order valence-corrected chi connectivity index (χ3v) is 5.53. The Hall–Kier alpha value is -4.86. The Morgan fingerprint density at radius 2 is 1.32 bits per heavy atom. The number of benzene rings is 3. The molecule has 1 aliphatic heterocycles. The molecule has 34 heavy (non-hydrogen) atoms. The molecule has 1 aliphatic rings. The van der Waals surface area contributed by atoms with E-state index in [9.17, 15) is 34.9 Å². The first kappa shape index (κ1) is 22.3. The Morgan fingerprint density at radius 3 is 1.82 bits per heavy atom. The van der Waals surface area contributed by atoms with Gasteiger partial charge >= 0.3 is 0 Å². The van der Waals surface area contributed by atoms with Gasteiger partial charge in [-0.15, -0.1) is 0 Å². The number of non-ortho nitro benzene ring substituents is 2. The minimum Gasteiger partial charge on any atom is -0.507 e. The third-order valence-electron chi connectivity index (χ3n) is 5.53. The standard InChI is InChI=1S/C24H17N3O7/c1-14-2-8-17(9-3-14)25-21(15-4-10-18(11-5-15)26(31)32)20(23(29)24(25)30)22(28)16-6-12-19(13-7-16)27(33)34/h2-13,21,28H,1H3. The largest absolute Gasteiger partial charge is 0.507 e. The van der Waals surface area contributed by atoms with E-state index in [1.165, 1.54) is 53.4 Å². The van der Waals surface area contributed by atoms with Crippen molar-refractivity contribution in [2.45, 2.75) is 13.0 Å². The molecule has 0 spiro atoms. The van der Waals surface area contributed by atoms with Crippen molar-refractivity contribution in [3.05, 3.63) is 115 Å². The highest BCUT2D eigenvalue weighted by Crippen LogP contribution is 2.42. The average Bonchev–Trinajstić information content (AvgIpc) is 3.09. The van der Waals surface area contributed by atoms with Gasteiger partial charge in [-0.25, -0.2) is 0 Å². The average molecular weight is 459 g/mol. The van der Waals surface area contributed by atoms with Gasteiger partial charge in [0.25, 0.3) is 23.1 Å². The van der Waals surface area contributed by atoms with Crippen LogP contribution >= 0.6 is 0 Å². The lowest BCUT2D eigenvalue weighted by molar-refractivity contribution is -0.385. The Labute approximate surface area is 192 Å². The number of rotatable bonds is 5. The van der Waals surface area contributed by atoms with Gasteiger partial charge in [-0.1, -0.05) is 17.7 Å². The lowest BCUT2D eigenvalue weighted by Gasteiger charge is -2.25. The van der Waals surface area contributed by atoms with Crippen LogP contribution in [-0.2, 0) is 9.59 Å². The number of nitro groups is 2. The number of amides is 1. The van der Waals surface area contributed by atoms with Crippen molar-refractivity contribution in [2.24, 2.45) is 0 Å². The lowest BCUT2D eigenvalue weighted by Crippen LogP contribution is -2.29. The number of nitro benzene ring substituents is 2. The number of ketones is 1. The van der Waals surface area contributed by atoms with Gasteiger partial charge in [0.15, 0.2) is 0 Å². The van der Waals surface area contributed by atoms with Crippen LogP contribution < -0.4 is 4.90 Å². The minimum atomic E-state index is -1.07. The summed E-state index contributed by atoms with van der Waals surface area (Å²) >= 11 is 0. The molecular weight excluding hydrogens is 442 g/mol. The fourth-order valence-corrected chi connectivity index (χ4v) is 3.79. The van der Waals surface area contributed by atoms with Crippen molar-refractivity contribution in [3.8, 4) is 0 Å². The minimum absolute atomic E-state index is 0.111. The number of hydrogen-bond acceptors (Lipinski definition) is 7. The van der Waals surface area contributed by atoms with E-state index in [1.54, 1.807) is 24.3 Å². The molecule has 1 atom stereocenters. The molecule has 0 saturated carbocycles. The Bertz CT molecular complexity index is 1340. The van der Waals surface area contributed by atoms with Gasteiger partial charge in [0.2, 0.25) is 0 Å². The Balaban J connectivity index is 1.90. The van der Waals surface area contributed by atoms with E-state index in [-0.39, 0.29) is 22.5 Å². The predicted molar refractivity (Wildman–Crippen MR) is 122 cm³/mol. The number of carbonyl (C=O) groups is 2. The zero-order chi connectivity index (χ0) is 24.6. The van der Waals surface area contributed by atoms with Crippen molar-refractivity contribution >= 4 is 34.5 Å². The number of nitrogens with zero attached hydrogens (tertiary/aromatic N) is 3.